The van der Waals surface area contributed by atoms with Gasteiger partial charge >= 0.3 is 0 Å². The molecule has 0 bridgehead atoms. The molecule has 2 nitrogen and oxygen atoms in total. The second kappa shape index (κ2) is 10.5. The Balaban J connectivity index is 0.00000400. The molecule has 1 amide bonds. The molecule has 0 N–H and O–H groups in total. The van der Waals surface area contributed by atoms with Gasteiger partial charge in [-0.3, -0.25) is 4.79 Å². The molecule has 1 fully saturated rings. The van der Waals surface area contributed by atoms with E-state index in [-0.39, 0.29) is 44.5 Å². The zero-order valence-corrected chi connectivity index (χ0v) is 17.0. The number of carbonyl (C=O) groups excluding carboxylic acids is 1. The Morgan fingerprint density at radius 1 is 1.48 bits per heavy atom. The summed E-state index contributed by atoms with van der Waals surface area (Å²) in [4.78, 5) is 13.8. The first-order chi connectivity index (χ1) is 9.47. The summed E-state index contributed by atoms with van der Waals surface area (Å²) < 4.78 is 0. The number of hydrogen-bond acceptors (Lipinski definition) is 1. The molecule has 1 radical (unpaired) electrons. The molecule has 1 aliphatic rings. The van der Waals surface area contributed by atoms with Crippen LogP contribution in [0.1, 0.15) is 47.0 Å². The van der Waals surface area contributed by atoms with Gasteiger partial charge in [0.05, 0.1) is 0 Å². The minimum atomic E-state index is 0. The van der Waals surface area contributed by atoms with Crippen molar-refractivity contribution in [3.8, 4) is 0 Å². The molecule has 1 saturated heterocycles. The van der Waals surface area contributed by atoms with E-state index in [4.69, 9.17) is 0 Å². The topological polar surface area (TPSA) is 20.3 Å². The van der Waals surface area contributed by atoms with E-state index in [2.05, 4.69) is 39.0 Å². The Kier molecular flexibility index (Phi) is 10.4. The van der Waals surface area contributed by atoms with Gasteiger partial charge in [0.1, 0.15) is 0 Å². The third kappa shape index (κ3) is 6.61. The molecule has 0 aliphatic carbocycles. The largest absolute Gasteiger partial charge is 0.346 e. The minimum Gasteiger partial charge on any atom is -0.346 e. The average Bonchev–Trinajstić information content (AvgIpc) is 2.73. The fourth-order valence-electron chi connectivity index (χ4n) is 2.33. The van der Waals surface area contributed by atoms with Crippen LogP contribution >= 0.6 is 0 Å². The summed E-state index contributed by atoms with van der Waals surface area (Å²) in [5.74, 6) is 0.753. The van der Waals surface area contributed by atoms with Gasteiger partial charge in [-0.2, -0.15) is 29.4 Å². The number of likely N-dealkylation sites (tertiary alicyclic amines) is 1. The van der Waals surface area contributed by atoms with Crippen LogP contribution in [0, 0.1) is 17.9 Å². The standard InChI is InChI=1S/C18H28NO.Y/c1-6-7-8-9-16(14(2)3)11-10-15(4)17-12-13-19(5)18(17)20;/h8-10,14,17H,6-7,12-13H2,1-5H3;/q-1;/b9-8+,15-10+;. The summed E-state index contributed by atoms with van der Waals surface area (Å²) in [5, 5.41) is 0. The summed E-state index contributed by atoms with van der Waals surface area (Å²) in [6.07, 6.45) is 13.0. The first-order valence-electron chi connectivity index (χ1n) is 7.68. The van der Waals surface area contributed by atoms with Crippen molar-refractivity contribution in [2.45, 2.75) is 47.0 Å². The maximum Gasteiger partial charge on any atom is 0.218 e. The van der Waals surface area contributed by atoms with Crippen molar-refractivity contribution in [1.29, 1.82) is 0 Å². The van der Waals surface area contributed by atoms with Gasteiger partial charge in [-0.15, -0.1) is 6.08 Å². The van der Waals surface area contributed by atoms with E-state index < -0.39 is 0 Å². The van der Waals surface area contributed by atoms with Crippen LogP contribution in [0.25, 0.3) is 0 Å². The molecular formula is C18H28NOY-. The van der Waals surface area contributed by atoms with Crippen molar-refractivity contribution < 1.29 is 37.5 Å². The van der Waals surface area contributed by atoms with E-state index in [0.717, 1.165) is 25.0 Å². The predicted octanol–water partition coefficient (Wildman–Crippen LogP) is 4.15. The van der Waals surface area contributed by atoms with Crippen molar-refractivity contribution in [3.05, 3.63) is 35.5 Å². The third-order valence-corrected chi connectivity index (χ3v) is 3.82. The number of hydrogen-bond donors (Lipinski definition) is 0. The molecule has 0 aromatic rings. The molecule has 0 saturated carbocycles. The number of amides is 1. The maximum absolute atomic E-state index is 12.0. The van der Waals surface area contributed by atoms with Gasteiger partial charge < -0.3 is 4.90 Å². The fourth-order valence-corrected chi connectivity index (χ4v) is 2.33. The number of unbranched alkanes of at least 4 members (excludes halogenated alkanes) is 1. The number of rotatable bonds is 6. The van der Waals surface area contributed by atoms with E-state index in [1.165, 1.54) is 12.0 Å². The normalized spacial score (nSPS) is 20.6. The van der Waals surface area contributed by atoms with Crippen LogP contribution in [-0.4, -0.2) is 24.4 Å². The van der Waals surface area contributed by atoms with E-state index in [0.29, 0.717) is 5.92 Å². The van der Waals surface area contributed by atoms with Crippen molar-refractivity contribution in [1.82, 2.24) is 4.90 Å². The molecule has 0 aromatic heterocycles. The minimum absolute atomic E-state index is 0. The quantitative estimate of drug-likeness (QED) is 0.513. The summed E-state index contributed by atoms with van der Waals surface area (Å²) in [6.45, 7) is 9.44. The smallest absolute Gasteiger partial charge is 0.218 e. The zero-order valence-electron chi connectivity index (χ0n) is 14.1. The van der Waals surface area contributed by atoms with Crippen molar-refractivity contribution in [2.24, 2.45) is 11.8 Å². The van der Waals surface area contributed by atoms with E-state index in [1.807, 2.05) is 24.9 Å². The second-order valence-electron chi connectivity index (χ2n) is 5.93. The van der Waals surface area contributed by atoms with Gasteiger partial charge in [0.15, 0.2) is 0 Å². The number of nitrogens with zero attached hydrogens (tertiary/aromatic N) is 1. The Labute approximate surface area is 155 Å². The van der Waals surface area contributed by atoms with E-state index in [1.54, 1.807) is 0 Å². The van der Waals surface area contributed by atoms with Gasteiger partial charge in [-0.1, -0.05) is 34.1 Å². The molecule has 0 aromatic carbocycles. The van der Waals surface area contributed by atoms with Gasteiger partial charge in [0.25, 0.3) is 0 Å². The van der Waals surface area contributed by atoms with Crippen LogP contribution in [-0.2, 0) is 37.5 Å². The van der Waals surface area contributed by atoms with Gasteiger partial charge in [-0.25, -0.2) is 0 Å². The van der Waals surface area contributed by atoms with Crippen LogP contribution in [0.4, 0.5) is 0 Å². The number of carbonyl (C=O) groups is 1. The third-order valence-electron chi connectivity index (χ3n) is 3.82. The van der Waals surface area contributed by atoms with E-state index >= 15 is 0 Å². The summed E-state index contributed by atoms with van der Waals surface area (Å²) in [7, 11) is 1.88. The molecule has 115 valence electrons. The first-order valence-corrected chi connectivity index (χ1v) is 7.68. The summed E-state index contributed by atoms with van der Waals surface area (Å²) in [5.41, 5.74) is 2.33. The molecule has 1 aliphatic heterocycles. The first kappa shape index (κ1) is 20.8. The average molecular weight is 363 g/mol. The van der Waals surface area contributed by atoms with Crippen molar-refractivity contribution in [2.75, 3.05) is 13.6 Å². The van der Waals surface area contributed by atoms with E-state index in [9.17, 15) is 4.79 Å². The van der Waals surface area contributed by atoms with Crippen LogP contribution in [0.2, 0.25) is 0 Å². The predicted molar refractivity (Wildman–Crippen MR) is 85.1 cm³/mol. The molecule has 21 heavy (non-hydrogen) atoms. The monoisotopic (exact) mass is 363 g/mol. The van der Waals surface area contributed by atoms with Crippen LogP contribution < -0.4 is 0 Å². The van der Waals surface area contributed by atoms with Crippen molar-refractivity contribution in [3.63, 3.8) is 0 Å². The molecule has 0 spiro atoms. The Morgan fingerprint density at radius 2 is 2.14 bits per heavy atom. The second-order valence-corrected chi connectivity index (χ2v) is 5.93. The van der Waals surface area contributed by atoms with Crippen LogP contribution in [0.15, 0.2) is 29.4 Å². The Hall–Kier alpha value is -0.206. The molecule has 1 unspecified atom stereocenters. The molecule has 1 rings (SSSR count). The fraction of sp³-hybridized carbons (Fsp3) is 0.611. The SMILES string of the molecule is CCC/C=C/C(=[C-]/C=C(\C)C1CCN(C)C1=O)C(C)C.[Y]. The van der Waals surface area contributed by atoms with Crippen molar-refractivity contribution >= 4 is 5.91 Å². The zero-order chi connectivity index (χ0) is 15.1. The number of allylic oxidation sites excluding steroid dienone is 5. The Bertz CT molecular complexity index is 421. The van der Waals surface area contributed by atoms with Gasteiger partial charge in [-0.05, 0) is 18.8 Å². The van der Waals surface area contributed by atoms with Crippen LogP contribution in [0.3, 0.4) is 0 Å². The van der Waals surface area contributed by atoms with Gasteiger partial charge in [0.2, 0.25) is 5.91 Å². The molecule has 3 heteroatoms. The van der Waals surface area contributed by atoms with Gasteiger partial charge in [0, 0.05) is 52.2 Å². The molecular weight excluding hydrogens is 335 g/mol. The summed E-state index contributed by atoms with van der Waals surface area (Å²) >= 11 is 0. The molecule has 1 atom stereocenters. The summed E-state index contributed by atoms with van der Waals surface area (Å²) in [6, 6.07) is 0. The maximum atomic E-state index is 12.0. The Morgan fingerprint density at radius 3 is 2.62 bits per heavy atom. The molecule has 1 heterocycles. The van der Waals surface area contributed by atoms with Crippen LogP contribution in [0.5, 0.6) is 0 Å².